The lowest BCUT2D eigenvalue weighted by Crippen LogP contribution is -2.29. The number of carbonyl (C=O) groups is 1. The van der Waals surface area contributed by atoms with E-state index in [0.29, 0.717) is 6.42 Å². The molecular formula is C14H20N2O3S. The summed E-state index contributed by atoms with van der Waals surface area (Å²) in [7, 11) is 0. The highest BCUT2D eigenvalue weighted by Gasteiger charge is 2.31. The van der Waals surface area contributed by atoms with Gasteiger partial charge in [-0.15, -0.1) is 11.3 Å². The second-order valence-electron chi connectivity index (χ2n) is 5.59. The van der Waals surface area contributed by atoms with Crippen LogP contribution in [-0.2, 0) is 16.0 Å². The van der Waals surface area contributed by atoms with Crippen molar-refractivity contribution in [2.75, 3.05) is 11.9 Å². The molecule has 1 saturated heterocycles. The van der Waals surface area contributed by atoms with Crippen LogP contribution in [0.4, 0.5) is 5.13 Å². The number of aryl methyl sites for hydroxylation is 1. The van der Waals surface area contributed by atoms with Crippen molar-refractivity contribution in [3.8, 4) is 0 Å². The SMILES string of the molecule is CC(Nc1nc2c(s1)CCCC2C(=O)O)C1CCCO1. The number of aliphatic carboxylic acids is 1. The van der Waals surface area contributed by atoms with Crippen LogP contribution in [0.1, 0.15) is 49.1 Å². The van der Waals surface area contributed by atoms with E-state index in [1.54, 1.807) is 11.3 Å². The summed E-state index contributed by atoms with van der Waals surface area (Å²) in [6, 6.07) is 0.216. The highest BCUT2D eigenvalue weighted by atomic mass is 32.1. The molecule has 3 atom stereocenters. The molecule has 0 spiro atoms. The van der Waals surface area contributed by atoms with E-state index in [4.69, 9.17) is 4.74 Å². The summed E-state index contributed by atoms with van der Waals surface area (Å²) in [6.45, 7) is 2.94. The van der Waals surface area contributed by atoms with Crippen LogP contribution in [0.2, 0.25) is 0 Å². The summed E-state index contributed by atoms with van der Waals surface area (Å²) in [5.74, 6) is -1.18. The molecule has 0 saturated carbocycles. The molecule has 2 aliphatic rings. The van der Waals surface area contributed by atoms with Crippen molar-refractivity contribution in [1.82, 2.24) is 4.98 Å². The maximum atomic E-state index is 11.3. The lowest BCUT2D eigenvalue weighted by molar-refractivity contribution is -0.139. The molecule has 3 unspecified atom stereocenters. The number of thiazole rings is 1. The predicted octanol–water partition coefficient (Wildman–Crippen LogP) is 2.63. The van der Waals surface area contributed by atoms with E-state index in [2.05, 4.69) is 17.2 Å². The van der Waals surface area contributed by atoms with Gasteiger partial charge in [-0.1, -0.05) is 0 Å². The van der Waals surface area contributed by atoms with Gasteiger partial charge < -0.3 is 15.2 Å². The Balaban J connectivity index is 1.73. The molecule has 0 amide bonds. The smallest absolute Gasteiger partial charge is 0.312 e. The molecule has 5 nitrogen and oxygen atoms in total. The Bertz CT molecular complexity index is 497. The first-order valence-electron chi connectivity index (χ1n) is 7.25. The van der Waals surface area contributed by atoms with Crippen LogP contribution in [0.3, 0.4) is 0 Å². The molecule has 2 N–H and O–H groups in total. The van der Waals surface area contributed by atoms with E-state index < -0.39 is 11.9 Å². The molecule has 0 radical (unpaired) electrons. The predicted molar refractivity (Wildman–Crippen MR) is 77.5 cm³/mol. The molecule has 0 aromatic carbocycles. The minimum absolute atomic E-state index is 0.216. The molecule has 1 aliphatic carbocycles. The lowest BCUT2D eigenvalue weighted by atomic mass is 9.91. The van der Waals surface area contributed by atoms with Crippen LogP contribution in [-0.4, -0.2) is 34.8 Å². The normalized spacial score (nSPS) is 27.1. The van der Waals surface area contributed by atoms with E-state index in [1.165, 1.54) is 0 Å². The van der Waals surface area contributed by atoms with Crippen molar-refractivity contribution < 1.29 is 14.6 Å². The Labute approximate surface area is 122 Å². The van der Waals surface area contributed by atoms with Crippen molar-refractivity contribution in [1.29, 1.82) is 0 Å². The molecule has 110 valence electrons. The average Bonchev–Trinajstić information content (AvgIpc) is 3.06. The minimum Gasteiger partial charge on any atom is -0.481 e. The molecule has 1 aromatic rings. The quantitative estimate of drug-likeness (QED) is 0.893. The first kappa shape index (κ1) is 13.8. The van der Waals surface area contributed by atoms with E-state index in [0.717, 1.165) is 48.0 Å². The van der Waals surface area contributed by atoms with Crippen LogP contribution >= 0.6 is 11.3 Å². The van der Waals surface area contributed by atoms with Crippen LogP contribution in [0.25, 0.3) is 0 Å². The van der Waals surface area contributed by atoms with Crippen molar-refractivity contribution in [3.05, 3.63) is 10.6 Å². The standard InChI is InChI=1S/C14H20N2O3S/c1-8(10-5-3-7-19-10)15-14-16-12-9(13(17)18)4-2-6-11(12)20-14/h8-10H,2-7H2,1H3,(H,15,16)(H,17,18). The number of carboxylic acids is 1. The van der Waals surface area contributed by atoms with Gasteiger partial charge in [-0.2, -0.15) is 0 Å². The summed E-state index contributed by atoms with van der Waals surface area (Å²) < 4.78 is 5.67. The van der Waals surface area contributed by atoms with Crippen LogP contribution in [0.15, 0.2) is 0 Å². The molecule has 1 aliphatic heterocycles. The van der Waals surface area contributed by atoms with E-state index in [-0.39, 0.29) is 12.1 Å². The first-order chi connectivity index (χ1) is 9.65. The largest absolute Gasteiger partial charge is 0.481 e. The number of ether oxygens (including phenoxy) is 1. The van der Waals surface area contributed by atoms with Crippen molar-refractivity contribution in [2.24, 2.45) is 0 Å². The van der Waals surface area contributed by atoms with Gasteiger partial charge in [-0.3, -0.25) is 4.79 Å². The summed E-state index contributed by atoms with van der Waals surface area (Å²) >= 11 is 1.60. The molecule has 1 fully saturated rings. The summed E-state index contributed by atoms with van der Waals surface area (Å²) in [5, 5.41) is 13.5. The zero-order valence-electron chi connectivity index (χ0n) is 11.6. The van der Waals surface area contributed by atoms with Gasteiger partial charge in [0, 0.05) is 11.5 Å². The molecule has 0 bridgehead atoms. The van der Waals surface area contributed by atoms with E-state index in [1.807, 2.05) is 0 Å². The average molecular weight is 296 g/mol. The number of carboxylic acid groups (broad SMARTS) is 1. The Morgan fingerprint density at radius 3 is 3.05 bits per heavy atom. The Hall–Kier alpha value is -1.14. The number of fused-ring (bicyclic) bond motifs is 1. The van der Waals surface area contributed by atoms with Crippen LogP contribution in [0.5, 0.6) is 0 Å². The zero-order valence-corrected chi connectivity index (χ0v) is 12.4. The molecule has 1 aromatic heterocycles. The topological polar surface area (TPSA) is 71.5 Å². The van der Waals surface area contributed by atoms with Gasteiger partial charge in [0.2, 0.25) is 0 Å². The van der Waals surface area contributed by atoms with Crippen LogP contribution in [0, 0.1) is 0 Å². The van der Waals surface area contributed by atoms with Gasteiger partial charge in [0.25, 0.3) is 0 Å². The summed E-state index contributed by atoms with van der Waals surface area (Å²) in [5.41, 5.74) is 0.774. The van der Waals surface area contributed by atoms with Gasteiger partial charge in [0.15, 0.2) is 5.13 Å². The Morgan fingerprint density at radius 1 is 1.50 bits per heavy atom. The highest BCUT2D eigenvalue weighted by Crippen LogP contribution is 2.37. The number of nitrogens with one attached hydrogen (secondary N) is 1. The third kappa shape index (κ3) is 2.67. The first-order valence-corrected chi connectivity index (χ1v) is 8.07. The third-order valence-electron chi connectivity index (χ3n) is 4.13. The molecular weight excluding hydrogens is 276 g/mol. The van der Waals surface area contributed by atoms with Crippen molar-refractivity contribution in [3.63, 3.8) is 0 Å². The second kappa shape index (κ2) is 5.69. The van der Waals surface area contributed by atoms with E-state index >= 15 is 0 Å². The lowest BCUT2D eigenvalue weighted by Gasteiger charge is -2.19. The number of hydrogen-bond acceptors (Lipinski definition) is 5. The van der Waals surface area contributed by atoms with Crippen molar-refractivity contribution >= 4 is 22.4 Å². The monoisotopic (exact) mass is 296 g/mol. The fourth-order valence-electron chi connectivity index (χ4n) is 3.01. The number of nitrogens with zero attached hydrogens (tertiary/aromatic N) is 1. The van der Waals surface area contributed by atoms with Crippen LogP contribution < -0.4 is 5.32 Å². The summed E-state index contributed by atoms with van der Waals surface area (Å²) in [6.07, 6.45) is 5.03. The van der Waals surface area contributed by atoms with Gasteiger partial charge in [-0.25, -0.2) is 4.98 Å². The van der Waals surface area contributed by atoms with Gasteiger partial charge in [-0.05, 0) is 39.0 Å². The van der Waals surface area contributed by atoms with Gasteiger partial charge >= 0.3 is 5.97 Å². The highest BCUT2D eigenvalue weighted by molar-refractivity contribution is 7.15. The molecule has 6 heteroatoms. The molecule has 2 heterocycles. The fourth-order valence-corrected chi connectivity index (χ4v) is 4.17. The van der Waals surface area contributed by atoms with Gasteiger partial charge in [0.05, 0.1) is 17.8 Å². The second-order valence-corrected chi connectivity index (χ2v) is 6.68. The summed E-state index contributed by atoms with van der Waals surface area (Å²) in [4.78, 5) is 16.9. The maximum Gasteiger partial charge on any atom is 0.312 e. The number of rotatable bonds is 4. The number of aromatic nitrogens is 1. The molecule has 3 rings (SSSR count). The Morgan fingerprint density at radius 2 is 2.35 bits per heavy atom. The van der Waals surface area contributed by atoms with Gasteiger partial charge in [0.1, 0.15) is 5.92 Å². The fraction of sp³-hybridized carbons (Fsp3) is 0.714. The number of hydrogen-bond donors (Lipinski definition) is 2. The minimum atomic E-state index is -0.755. The van der Waals surface area contributed by atoms with Crippen molar-refractivity contribution in [2.45, 2.75) is 57.1 Å². The third-order valence-corrected chi connectivity index (χ3v) is 5.19. The number of anilines is 1. The molecule has 20 heavy (non-hydrogen) atoms. The zero-order chi connectivity index (χ0) is 14.1. The Kier molecular flexibility index (Phi) is 3.94. The maximum absolute atomic E-state index is 11.3. The van der Waals surface area contributed by atoms with E-state index in [9.17, 15) is 9.90 Å².